The molecule has 0 saturated carbocycles. The van der Waals surface area contributed by atoms with Crippen LogP contribution < -0.4 is 21.5 Å². The number of benzene rings is 1. The average molecular weight is 542 g/mol. The lowest BCUT2D eigenvalue weighted by molar-refractivity contribution is -0.224. The van der Waals surface area contributed by atoms with E-state index in [4.69, 9.17) is 35.8 Å². The highest BCUT2D eigenvalue weighted by atomic mass is 32.2. The molecule has 0 aliphatic carbocycles. The third-order valence-electron chi connectivity index (χ3n) is 4.71. The van der Waals surface area contributed by atoms with Gasteiger partial charge in [-0.3, -0.25) is 24.4 Å². The Hall–Kier alpha value is -3.80. The summed E-state index contributed by atoms with van der Waals surface area (Å²) < 4.78 is 35.9. The van der Waals surface area contributed by atoms with E-state index in [9.17, 15) is 18.0 Å². The maximum absolute atomic E-state index is 12.8. The molecule has 2 unspecified atom stereocenters. The first-order chi connectivity index (χ1) is 17.0. The molecule has 1 aromatic heterocycles. The van der Waals surface area contributed by atoms with Crippen molar-refractivity contribution in [3.05, 3.63) is 40.9 Å². The Balaban J connectivity index is 1.58. The number of nitrogens with one attached hydrogen (secondary N) is 2. The van der Waals surface area contributed by atoms with Crippen LogP contribution in [0.3, 0.4) is 0 Å². The summed E-state index contributed by atoms with van der Waals surface area (Å²) in [5.41, 5.74) is 11.5. The molecule has 3 rings (SSSR count). The van der Waals surface area contributed by atoms with Gasteiger partial charge in [0.1, 0.15) is 29.9 Å². The number of anilines is 1. The normalized spacial score (nSPS) is 17.9. The number of hydrogen-bond donors (Lipinski definition) is 5. The standard InChI is InChI=1S/C19H23N7O8S2/c1-10-14(18(28)26(10)34-9-36(29,30)31)24-17(27)15(13-8-35-19(22)23-13)25-33-7-6-32-12-4-2-11(3-5-12)16(20)21/h2-5,8,10,14H,6-7,9H2,1H3,(H3,20,21)(H2,22,23)(H,24,27)(H,29,30,31). The van der Waals surface area contributed by atoms with Gasteiger partial charge in [-0.25, -0.2) is 10.0 Å². The van der Waals surface area contributed by atoms with Crippen molar-refractivity contribution in [2.75, 3.05) is 24.9 Å². The molecule has 0 spiro atoms. The number of nitrogens with zero attached hydrogens (tertiary/aromatic N) is 3. The van der Waals surface area contributed by atoms with Gasteiger partial charge in [0, 0.05) is 10.9 Å². The molecule has 2 atom stereocenters. The Bertz CT molecular complexity index is 1260. The molecule has 194 valence electrons. The first-order valence-electron chi connectivity index (χ1n) is 10.2. The Morgan fingerprint density at radius 1 is 1.33 bits per heavy atom. The Kier molecular flexibility index (Phi) is 8.41. The molecule has 1 saturated heterocycles. The number of ether oxygens (including phenoxy) is 1. The molecule has 17 heteroatoms. The molecule has 7 N–H and O–H groups in total. The van der Waals surface area contributed by atoms with Crippen LogP contribution in [0.4, 0.5) is 5.13 Å². The summed E-state index contributed by atoms with van der Waals surface area (Å²) in [6, 6.07) is 4.76. The van der Waals surface area contributed by atoms with E-state index in [1.54, 1.807) is 24.3 Å². The molecule has 0 bridgehead atoms. The number of oxime groups is 1. The maximum atomic E-state index is 12.8. The minimum atomic E-state index is -4.45. The minimum absolute atomic E-state index is 0.0408. The third kappa shape index (κ3) is 6.87. The molecule has 0 radical (unpaired) electrons. The number of thiazole rings is 1. The van der Waals surface area contributed by atoms with Crippen molar-refractivity contribution in [2.24, 2.45) is 10.9 Å². The van der Waals surface area contributed by atoms with E-state index < -0.39 is 40.0 Å². The van der Waals surface area contributed by atoms with Crippen LogP contribution in [0.2, 0.25) is 0 Å². The Morgan fingerprint density at radius 3 is 2.58 bits per heavy atom. The molecule has 1 aromatic carbocycles. The smallest absolute Gasteiger partial charge is 0.292 e. The number of hydrogen-bond acceptors (Lipinski definition) is 12. The predicted octanol–water partition coefficient (Wildman–Crippen LogP) is -0.699. The quantitative estimate of drug-likeness (QED) is 0.0563. The van der Waals surface area contributed by atoms with Gasteiger partial charge in [0.15, 0.2) is 17.5 Å². The van der Waals surface area contributed by atoms with Crippen molar-refractivity contribution >= 4 is 49.9 Å². The fraction of sp³-hybridized carbons (Fsp3) is 0.316. The summed E-state index contributed by atoms with van der Waals surface area (Å²) in [5.74, 6) is -2.17. The first-order valence-corrected chi connectivity index (χ1v) is 12.7. The average Bonchev–Trinajstić information content (AvgIpc) is 3.25. The summed E-state index contributed by atoms with van der Waals surface area (Å²) in [6.45, 7) is 1.54. The van der Waals surface area contributed by atoms with Crippen LogP contribution in [0.25, 0.3) is 0 Å². The zero-order chi connectivity index (χ0) is 26.5. The van der Waals surface area contributed by atoms with E-state index >= 15 is 0 Å². The Labute approximate surface area is 209 Å². The second-order valence-corrected chi connectivity index (χ2v) is 9.60. The van der Waals surface area contributed by atoms with Crippen LogP contribution in [0.1, 0.15) is 18.2 Å². The van der Waals surface area contributed by atoms with E-state index in [2.05, 4.69) is 15.5 Å². The number of carbonyl (C=O) groups is 2. The molecule has 2 amide bonds. The van der Waals surface area contributed by atoms with Gasteiger partial charge in [-0.1, -0.05) is 5.16 Å². The highest BCUT2D eigenvalue weighted by Crippen LogP contribution is 2.21. The first kappa shape index (κ1) is 26.8. The number of aromatic nitrogens is 1. The molecule has 1 fully saturated rings. The van der Waals surface area contributed by atoms with Crippen LogP contribution in [0, 0.1) is 5.41 Å². The summed E-state index contributed by atoms with van der Waals surface area (Å²) >= 11 is 1.07. The van der Waals surface area contributed by atoms with E-state index in [1.807, 2.05) is 0 Å². The topological polar surface area (TPSA) is 233 Å². The van der Waals surface area contributed by atoms with Gasteiger partial charge >= 0.3 is 0 Å². The zero-order valence-electron chi connectivity index (χ0n) is 18.8. The number of nitrogen functional groups attached to an aromatic ring is 2. The van der Waals surface area contributed by atoms with Gasteiger partial charge < -0.3 is 26.4 Å². The van der Waals surface area contributed by atoms with Gasteiger partial charge in [0.05, 0.1) is 6.04 Å². The molecule has 2 heterocycles. The number of nitrogens with two attached hydrogens (primary N) is 2. The van der Waals surface area contributed by atoms with Gasteiger partial charge in [-0.2, -0.15) is 8.42 Å². The summed E-state index contributed by atoms with van der Waals surface area (Å²) in [5, 5.41) is 16.1. The number of carbonyl (C=O) groups excluding carboxylic acids is 2. The number of amides is 2. The lowest BCUT2D eigenvalue weighted by Gasteiger charge is -2.43. The second-order valence-electron chi connectivity index (χ2n) is 7.32. The van der Waals surface area contributed by atoms with Crippen molar-refractivity contribution in [3.8, 4) is 5.75 Å². The third-order valence-corrected chi connectivity index (χ3v) is 5.78. The number of hydroxylamine groups is 2. The molecule has 1 aliphatic rings. The van der Waals surface area contributed by atoms with Crippen molar-refractivity contribution in [2.45, 2.75) is 19.0 Å². The number of β-lactam (4-membered cyclic amide) rings is 1. The molecular formula is C19H23N7O8S2. The summed E-state index contributed by atoms with van der Waals surface area (Å²) in [6.07, 6.45) is 0. The minimum Gasteiger partial charge on any atom is -0.490 e. The second kappa shape index (κ2) is 11.3. The molecule has 36 heavy (non-hydrogen) atoms. The van der Waals surface area contributed by atoms with Crippen LogP contribution in [0.15, 0.2) is 34.8 Å². The van der Waals surface area contributed by atoms with Crippen LogP contribution in [-0.4, -0.2) is 77.6 Å². The highest BCUT2D eigenvalue weighted by Gasteiger charge is 2.47. The van der Waals surface area contributed by atoms with Gasteiger partial charge in [-0.05, 0) is 31.2 Å². The number of rotatable bonds is 12. The van der Waals surface area contributed by atoms with E-state index in [1.165, 1.54) is 12.3 Å². The van der Waals surface area contributed by atoms with Crippen LogP contribution >= 0.6 is 11.3 Å². The molecule has 2 aromatic rings. The summed E-state index contributed by atoms with van der Waals surface area (Å²) in [7, 11) is -4.45. The fourth-order valence-electron chi connectivity index (χ4n) is 2.93. The van der Waals surface area contributed by atoms with E-state index in [-0.39, 0.29) is 35.6 Å². The molecular weight excluding hydrogens is 518 g/mol. The van der Waals surface area contributed by atoms with Gasteiger partial charge in [0.25, 0.3) is 21.9 Å². The Morgan fingerprint density at radius 2 is 2.03 bits per heavy atom. The lowest BCUT2D eigenvalue weighted by Crippen LogP contribution is -2.70. The lowest BCUT2D eigenvalue weighted by atomic mass is 10.00. The van der Waals surface area contributed by atoms with Crippen molar-refractivity contribution in [1.29, 1.82) is 5.41 Å². The molecule has 15 nitrogen and oxygen atoms in total. The monoisotopic (exact) mass is 541 g/mol. The van der Waals surface area contributed by atoms with Crippen molar-refractivity contribution in [3.63, 3.8) is 0 Å². The van der Waals surface area contributed by atoms with Gasteiger partial charge in [0.2, 0.25) is 5.94 Å². The largest absolute Gasteiger partial charge is 0.490 e. The van der Waals surface area contributed by atoms with Crippen molar-refractivity contribution < 1.29 is 37.0 Å². The predicted molar refractivity (Wildman–Crippen MR) is 128 cm³/mol. The van der Waals surface area contributed by atoms with Crippen LogP contribution in [0.5, 0.6) is 5.75 Å². The zero-order valence-corrected chi connectivity index (χ0v) is 20.4. The number of amidine groups is 1. The maximum Gasteiger partial charge on any atom is 0.292 e. The highest BCUT2D eigenvalue weighted by molar-refractivity contribution is 7.85. The van der Waals surface area contributed by atoms with Crippen LogP contribution in [-0.2, 0) is 29.4 Å². The van der Waals surface area contributed by atoms with E-state index in [0.29, 0.717) is 11.3 Å². The van der Waals surface area contributed by atoms with E-state index in [0.717, 1.165) is 16.4 Å². The fourth-order valence-corrected chi connectivity index (χ4v) is 3.73. The molecule has 1 aliphatic heterocycles. The van der Waals surface area contributed by atoms with Crippen molar-refractivity contribution in [1.82, 2.24) is 15.4 Å². The SMILES string of the molecule is CC1C(NC(=O)C(=NOCCOc2ccc(C(=N)N)cc2)c2csc(N)n2)C(=O)N1OCS(=O)(=O)O. The van der Waals surface area contributed by atoms with Gasteiger partial charge in [-0.15, -0.1) is 11.3 Å². The summed E-state index contributed by atoms with van der Waals surface area (Å²) in [4.78, 5) is 39.1.